The molecule has 4 nitrogen and oxygen atoms in total. The van der Waals surface area contributed by atoms with Gasteiger partial charge in [-0.1, -0.05) is 13.8 Å². The second-order valence-corrected chi connectivity index (χ2v) is 7.74. The van der Waals surface area contributed by atoms with Gasteiger partial charge in [-0.2, -0.15) is 11.8 Å². The van der Waals surface area contributed by atoms with E-state index in [1.807, 2.05) is 11.8 Å². The predicted molar refractivity (Wildman–Crippen MR) is 72.7 cm³/mol. The molecule has 3 fully saturated rings. The van der Waals surface area contributed by atoms with E-state index in [1.165, 1.54) is 0 Å². The first kappa shape index (κ1) is 13.9. The van der Waals surface area contributed by atoms with Gasteiger partial charge in [0.25, 0.3) is 0 Å². The van der Waals surface area contributed by atoms with Crippen LogP contribution in [0.25, 0.3) is 0 Å². The fourth-order valence-corrected chi connectivity index (χ4v) is 4.67. The van der Waals surface area contributed by atoms with Gasteiger partial charge in [0.15, 0.2) is 12.1 Å². The van der Waals surface area contributed by atoms with Crippen LogP contribution in [0.2, 0.25) is 0 Å². The Morgan fingerprint density at radius 1 is 1.47 bits per heavy atom. The fourth-order valence-electron chi connectivity index (χ4n) is 3.40. The molecule has 1 N–H and O–H groups in total. The van der Waals surface area contributed by atoms with Crippen LogP contribution in [-0.2, 0) is 14.3 Å². The summed E-state index contributed by atoms with van der Waals surface area (Å²) in [4.78, 5) is 12.2. The van der Waals surface area contributed by atoms with Gasteiger partial charge >= 0.3 is 0 Å². The maximum absolute atomic E-state index is 12.2. The summed E-state index contributed by atoms with van der Waals surface area (Å²) in [6, 6.07) is 0. The molecule has 1 saturated carbocycles. The van der Waals surface area contributed by atoms with Crippen LogP contribution in [0.4, 0.5) is 0 Å². The first-order valence-corrected chi connectivity index (χ1v) is 8.18. The second kappa shape index (κ2) is 4.45. The Morgan fingerprint density at radius 2 is 2.21 bits per heavy atom. The molecule has 2 aliphatic heterocycles. The largest absolute Gasteiger partial charge is 0.363 e. The van der Waals surface area contributed by atoms with Crippen molar-refractivity contribution < 1.29 is 19.4 Å². The van der Waals surface area contributed by atoms with Gasteiger partial charge in [-0.15, -0.1) is 0 Å². The maximum atomic E-state index is 12.2. The van der Waals surface area contributed by atoms with Gasteiger partial charge in [0, 0.05) is 30.4 Å². The zero-order valence-electron chi connectivity index (χ0n) is 11.7. The number of carbonyl (C=O) groups is 1. The molecule has 0 aromatic carbocycles. The molecule has 3 aliphatic rings. The van der Waals surface area contributed by atoms with Gasteiger partial charge in [-0.25, -0.2) is 0 Å². The number of ether oxygens (including phenoxy) is 2. The third-order valence-corrected chi connectivity index (χ3v) is 6.09. The van der Waals surface area contributed by atoms with Crippen LogP contribution in [0.5, 0.6) is 0 Å². The average molecular weight is 286 g/mol. The van der Waals surface area contributed by atoms with Crippen molar-refractivity contribution in [1.29, 1.82) is 0 Å². The average Bonchev–Trinajstić information content (AvgIpc) is 2.45. The van der Waals surface area contributed by atoms with Crippen LogP contribution >= 0.6 is 11.8 Å². The molecule has 19 heavy (non-hydrogen) atoms. The molecule has 1 unspecified atom stereocenters. The molecular formula is C14H22O4S. The Labute approximate surface area is 118 Å². The molecule has 1 aliphatic carbocycles. The molecule has 5 heteroatoms. The third kappa shape index (κ3) is 2.06. The molecule has 0 aromatic rings. The van der Waals surface area contributed by atoms with Crippen LogP contribution in [0.1, 0.15) is 33.6 Å². The van der Waals surface area contributed by atoms with E-state index >= 15 is 0 Å². The van der Waals surface area contributed by atoms with Crippen LogP contribution in [0.15, 0.2) is 0 Å². The first-order valence-electron chi connectivity index (χ1n) is 7.03. The highest BCUT2D eigenvalue weighted by Crippen LogP contribution is 2.56. The highest BCUT2D eigenvalue weighted by Gasteiger charge is 2.69. The van der Waals surface area contributed by atoms with Crippen LogP contribution in [-0.4, -0.2) is 40.1 Å². The molecule has 0 aromatic heterocycles. The van der Waals surface area contributed by atoms with Crippen molar-refractivity contribution >= 4 is 17.5 Å². The molecule has 0 amide bonds. The van der Waals surface area contributed by atoms with Gasteiger partial charge in [-0.3, -0.25) is 4.79 Å². The summed E-state index contributed by atoms with van der Waals surface area (Å²) in [5, 5.41) is 10.5. The highest BCUT2D eigenvalue weighted by atomic mass is 32.2. The molecular weight excluding hydrogens is 264 g/mol. The van der Waals surface area contributed by atoms with Crippen LogP contribution in [0, 0.1) is 17.8 Å². The summed E-state index contributed by atoms with van der Waals surface area (Å²) in [6.45, 7) is 6.17. The standard InChI is InChI=1S/C14H22O4S/c1-8(2)6-19-7-10-9-4-14(16)13(3,5-11(9)15)17-12(10)18-14/h8-10,12,16H,4-7H2,1-3H3/t9-,10?,12+,13+,14+/m1/s1. The number of rotatable bonds is 4. The smallest absolute Gasteiger partial charge is 0.198 e. The number of carbonyl (C=O) groups excluding carboxylic acids is 1. The van der Waals surface area contributed by atoms with E-state index in [4.69, 9.17) is 9.47 Å². The zero-order valence-corrected chi connectivity index (χ0v) is 12.5. The van der Waals surface area contributed by atoms with E-state index in [2.05, 4.69) is 13.8 Å². The Kier molecular flexibility index (Phi) is 3.25. The van der Waals surface area contributed by atoms with Crippen molar-refractivity contribution in [2.45, 2.75) is 51.3 Å². The lowest BCUT2D eigenvalue weighted by atomic mass is 9.70. The fraction of sp³-hybridized carbons (Fsp3) is 0.929. The minimum atomic E-state index is -1.25. The van der Waals surface area contributed by atoms with Crippen LogP contribution in [0.3, 0.4) is 0 Å². The van der Waals surface area contributed by atoms with Crippen molar-refractivity contribution in [3.8, 4) is 0 Å². The van der Waals surface area contributed by atoms with Crippen molar-refractivity contribution in [3.05, 3.63) is 0 Å². The van der Waals surface area contributed by atoms with E-state index in [9.17, 15) is 9.90 Å². The Bertz CT molecular complexity index is 399. The molecule has 2 saturated heterocycles. The first-order chi connectivity index (χ1) is 8.85. The molecule has 5 atom stereocenters. The van der Waals surface area contributed by atoms with Crippen molar-refractivity contribution in [2.75, 3.05) is 11.5 Å². The lowest BCUT2D eigenvalue weighted by Crippen LogP contribution is -2.59. The molecule has 3 rings (SSSR count). The Balaban J connectivity index is 1.76. The lowest BCUT2D eigenvalue weighted by Gasteiger charge is -2.45. The van der Waals surface area contributed by atoms with E-state index < -0.39 is 17.7 Å². The topological polar surface area (TPSA) is 55.8 Å². The normalized spacial score (nSPS) is 48.3. The number of thioether (sulfide) groups is 1. The molecule has 0 spiro atoms. The summed E-state index contributed by atoms with van der Waals surface area (Å²) in [5.41, 5.74) is -0.845. The number of ketones is 1. The van der Waals surface area contributed by atoms with Gasteiger partial charge in [0.2, 0.25) is 0 Å². The monoisotopic (exact) mass is 286 g/mol. The van der Waals surface area contributed by atoms with Crippen LogP contribution < -0.4 is 0 Å². The number of hydrogen-bond donors (Lipinski definition) is 1. The summed E-state index contributed by atoms with van der Waals surface area (Å²) in [7, 11) is 0. The number of aliphatic hydroxyl groups is 1. The molecule has 2 heterocycles. The van der Waals surface area contributed by atoms with E-state index in [1.54, 1.807) is 6.92 Å². The Morgan fingerprint density at radius 3 is 2.89 bits per heavy atom. The summed E-state index contributed by atoms with van der Waals surface area (Å²) in [5.74, 6) is 1.54. The Hall–Kier alpha value is -0.100. The molecule has 0 radical (unpaired) electrons. The van der Waals surface area contributed by atoms with E-state index in [-0.39, 0.29) is 24.0 Å². The van der Waals surface area contributed by atoms with Crippen molar-refractivity contribution in [2.24, 2.45) is 17.8 Å². The number of fused-ring (bicyclic) bond motifs is 2. The van der Waals surface area contributed by atoms with Gasteiger partial charge < -0.3 is 14.6 Å². The van der Waals surface area contributed by atoms with Gasteiger partial charge in [0.1, 0.15) is 11.4 Å². The SMILES string of the molecule is CC(C)CSCC1[C@H]2O[C@@]3(C)CC(=O)[C@@H]1C[C@]3(O)O2. The number of hydrogen-bond acceptors (Lipinski definition) is 5. The van der Waals surface area contributed by atoms with E-state index in [0.29, 0.717) is 12.3 Å². The molecule has 108 valence electrons. The van der Waals surface area contributed by atoms with Gasteiger partial charge in [0.05, 0.1) is 0 Å². The second-order valence-electron chi connectivity index (χ2n) is 6.67. The minimum Gasteiger partial charge on any atom is -0.363 e. The summed E-state index contributed by atoms with van der Waals surface area (Å²) < 4.78 is 11.6. The summed E-state index contributed by atoms with van der Waals surface area (Å²) >= 11 is 1.85. The maximum Gasteiger partial charge on any atom is 0.198 e. The molecule has 3 bridgehead atoms. The van der Waals surface area contributed by atoms with Crippen molar-refractivity contribution in [1.82, 2.24) is 0 Å². The quantitative estimate of drug-likeness (QED) is 0.854. The minimum absolute atomic E-state index is 0.0841. The van der Waals surface area contributed by atoms with E-state index in [0.717, 1.165) is 11.5 Å². The van der Waals surface area contributed by atoms with Gasteiger partial charge in [-0.05, 0) is 18.6 Å². The van der Waals surface area contributed by atoms with Crippen molar-refractivity contribution in [3.63, 3.8) is 0 Å². The zero-order chi connectivity index (χ0) is 13.8. The lowest BCUT2D eigenvalue weighted by molar-refractivity contribution is -0.266. The highest BCUT2D eigenvalue weighted by molar-refractivity contribution is 7.99. The predicted octanol–water partition coefficient (Wildman–Crippen LogP) is 1.80. The number of Topliss-reactive ketones (excluding diaryl/α,β-unsaturated/α-hetero) is 1. The summed E-state index contributed by atoms with van der Waals surface area (Å²) in [6.07, 6.45) is 0.252. The third-order valence-electron chi connectivity index (χ3n) is 4.56.